The molecule has 0 saturated heterocycles. The van der Waals surface area contributed by atoms with Crippen LogP contribution in [0.2, 0.25) is 0 Å². The minimum Gasteiger partial charge on any atom is -0.497 e. The maximum absolute atomic E-state index is 12.5. The lowest BCUT2D eigenvalue weighted by atomic mass is 10.1. The number of nitrogens with one attached hydrogen (secondary N) is 1. The van der Waals surface area contributed by atoms with E-state index in [9.17, 15) is 8.42 Å². The summed E-state index contributed by atoms with van der Waals surface area (Å²) in [5.41, 5.74) is 2.17. The number of hydrogen-bond acceptors (Lipinski definition) is 5. The standard InChI is InChI=1S/C18H23NO5S/c1-13-6-5-7-16(14(13)2)24-11-10-19-25(20,21)18-12-15(22-3)8-9-17(18)23-4/h5-9,12,19H,10-11H2,1-4H3. The van der Waals surface area contributed by atoms with Crippen molar-refractivity contribution in [2.24, 2.45) is 0 Å². The number of ether oxygens (including phenoxy) is 3. The predicted octanol–water partition coefficient (Wildman–Crippen LogP) is 2.68. The van der Waals surface area contributed by atoms with Crippen molar-refractivity contribution in [2.45, 2.75) is 18.7 Å². The molecule has 0 radical (unpaired) electrons. The van der Waals surface area contributed by atoms with E-state index in [1.54, 1.807) is 12.1 Å². The smallest absolute Gasteiger partial charge is 0.244 e. The van der Waals surface area contributed by atoms with Crippen molar-refractivity contribution in [3.63, 3.8) is 0 Å². The van der Waals surface area contributed by atoms with Crippen LogP contribution >= 0.6 is 0 Å². The molecule has 0 unspecified atom stereocenters. The van der Waals surface area contributed by atoms with Crippen LogP contribution in [-0.2, 0) is 10.0 Å². The Kier molecular flexibility index (Phi) is 6.27. The molecular weight excluding hydrogens is 342 g/mol. The monoisotopic (exact) mass is 365 g/mol. The Morgan fingerprint density at radius 1 is 1.00 bits per heavy atom. The second-order valence-electron chi connectivity index (χ2n) is 5.46. The molecule has 25 heavy (non-hydrogen) atoms. The largest absolute Gasteiger partial charge is 0.497 e. The van der Waals surface area contributed by atoms with Crippen LogP contribution in [0, 0.1) is 13.8 Å². The molecule has 136 valence electrons. The molecule has 0 aromatic heterocycles. The molecule has 2 aromatic rings. The summed E-state index contributed by atoms with van der Waals surface area (Å²) in [6.07, 6.45) is 0. The third-order valence-electron chi connectivity index (χ3n) is 3.87. The minimum absolute atomic E-state index is 0.0288. The van der Waals surface area contributed by atoms with Crippen molar-refractivity contribution in [1.82, 2.24) is 4.72 Å². The van der Waals surface area contributed by atoms with E-state index in [0.29, 0.717) is 5.75 Å². The van der Waals surface area contributed by atoms with Crippen LogP contribution in [0.3, 0.4) is 0 Å². The molecule has 0 amide bonds. The summed E-state index contributed by atoms with van der Waals surface area (Å²) in [6.45, 7) is 4.32. The van der Waals surface area contributed by atoms with Crippen LogP contribution in [0.5, 0.6) is 17.2 Å². The van der Waals surface area contributed by atoms with Crippen molar-refractivity contribution < 1.29 is 22.6 Å². The summed E-state index contributed by atoms with van der Waals surface area (Å²) < 4.78 is 43.4. The number of aryl methyl sites for hydroxylation is 1. The fraction of sp³-hybridized carbons (Fsp3) is 0.333. The molecule has 1 N–H and O–H groups in total. The molecule has 0 aliphatic heterocycles. The average molecular weight is 365 g/mol. The van der Waals surface area contributed by atoms with Crippen molar-refractivity contribution in [3.8, 4) is 17.2 Å². The fourth-order valence-corrected chi connectivity index (χ4v) is 3.48. The molecule has 7 heteroatoms. The molecular formula is C18H23NO5S. The van der Waals surface area contributed by atoms with E-state index in [1.807, 2.05) is 32.0 Å². The van der Waals surface area contributed by atoms with E-state index in [4.69, 9.17) is 14.2 Å². The van der Waals surface area contributed by atoms with Gasteiger partial charge in [0.25, 0.3) is 0 Å². The zero-order valence-electron chi connectivity index (χ0n) is 14.8. The lowest BCUT2D eigenvalue weighted by molar-refractivity contribution is 0.320. The maximum Gasteiger partial charge on any atom is 0.244 e. The second kappa shape index (κ2) is 8.22. The lowest BCUT2D eigenvalue weighted by Crippen LogP contribution is -2.28. The number of sulfonamides is 1. The van der Waals surface area contributed by atoms with E-state index in [1.165, 1.54) is 20.3 Å². The van der Waals surface area contributed by atoms with Gasteiger partial charge in [0.2, 0.25) is 10.0 Å². The summed E-state index contributed by atoms with van der Waals surface area (Å²) in [5.74, 6) is 1.44. The molecule has 0 aliphatic carbocycles. The van der Waals surface area contributed by atoms with Crippen LogP contribution in [-0.4, -0.2) is 35.8 Å². The molecule has 2 aromatic carbocycles. The van der Waals surface area contributed by atoms with Gasteiger partial charge < -0.3 is 14.2 Å². The van der Waals surface area contributed by atoms with Gasteiger partial charge >= 0.3 is 0 Å². The molecule has 0 spiro atoms. The number of benzene rings is 2. The topological polar surface area (TPSA) is 73.9 Å². The average Bonchev–Trinajstić information content (AvgIpc) is 2.61. The fourth-order valence-electron chi connectivity index (χ4n) is 2.29. The van der Waals surface area contributed by atoms with E-state index in [0.717, 1.165) is 16.9 Å². The molecule has 0 atom stereocenters. The highest BCUT2D eigenvalue weighted by molar-refractivity contribution is 7.89. The van der Waals surface area contributed by atoms with Crippen LogP contribution in [0.1, 0.15) is 11.1 Å². The Labute approximate surface area is 148 Å². The van der Waals surface area contributed by atoms with Crippen LogP contribution in [0.15, 0.2) is 41.3 Å². The van der Waals surface area contributed by atoms with Crippen molar-refractivity contribution in [3.05, 3.63) is 47.5 Å². The summed E-state index contributed by atoms with van der Waals surface area (Å²) in [5, 5.41) is 0. The second-order valence-corrected chi connectivity index (χ2v) is 7.20. The van der Waals surface area contributed by atoms with Crippen LogP contribution in [0.4, 0.5) is 0 Å². The van der Waals surface area contributed by atoms with E-state index in [2.05, 4.69) is 4.72 Å². The molecule has 0 fully saturated rings. The zero-order valence-corrected chi connectivity index (χ0v) is 15.6. The summed E-state index contributed by atoms with van der Waals surface area (Å²) in [4.78, 5) is 0.0288. The molecule has 2 rings (SSSR count). The van der Waals surface area contributed by atoms with Gasteiger partial charge in [0.1, 0.15) is 28.8 Å². The van der Waals surface area contributed by atoms with Gasteiger partial charge in [0.05, 0.1) is 14.2 Å². The minimum atomic E-state index is -3.74. The first-order valence-corrected chi connectivity index (χ1v) is 9.28. The van der Waals surface area contributed by atoms with Crippen molar-refractivity contribution in [2.75, 3.05) is 27.4 Å². The molecule has 0 bridgehead atoms. The first-order chi connectivity index (χ1) is 11.9. The predicted molar refractivity (Wildman–Crippen MR) is 96.1 cm³/mol. The summed E-state index contributed by atoms with van der Waals surface area (Å²) >= 11 is 0. The quantitative estimate of drug-likeness (QED) is 0.728. The third-order valence-corrected chi connectivity index (χ3v) is 5.35. The van der Waals surface area contributed by atoms with Crippen molar-refractivity contribution >= 4 is 10.0 Å². The molecule has 0 aliphatic rings. The van der Waals surface area contributed by atoms with Gasteiger partial charge in [0, 0.05) is 12.6 Å². The molecule has 0 heterocycles. The Morgan fingerprint density at radius 2 is 1.76 bits per heavy atom. The lowest BCUT2D eigenvalue weighted by Gasteiger charge is -2.13. The Hall–Kier alpha value is -2.25. The summed E-state index contributed by atoms with van der Waals surface area (Å²) in [7, 11) is -0.846. The van der Waals surface area contributed by atoms with E-state index < -0.39 is 10.0 Å². The Balaban J connectivity index is 2.03. The number of methoxy groups -OCH3 is 2. The Bertz CT molecular complexity index is 833. The highest BCUT2D eigenvalue weighted by Gasteiger charge is 2.20. The molecule has 0 saturated carbocycles. The SMILES string of the molecule is COc1ccc(OC)c(S(=O)(=O)NCCOc2cccc(C)c2C)c1. The van der Waals surface area contributed by atoms with Gasteiger partial charge in [-0.2, -0.15) is 0 Å². The van der Waals surface area contributed by atoms with E-state index in [-0.39, 0.29) is 23.8 Å². The van der Waals surface area contributed by atoms with Gasteiger partial charge in [-0.05, 0) is 43.2 Å². The highest BCUT2D eigenvalue weighted by Crippen LogP contribution is 2.28. The third kappa shape index (κ3) is 4.64. The van der Waals surface area contributed by atoms with Crippen LogP contribution in [0.25, 0.3) is 0 Å². The molecule has 6 nitrogen and oxygen atoms in total. The number of hydrogen-bond donors (Lipinski definition) is 1. The van der Waals surface area contributed by atoms with Gasteiger partial charge in [-0.15, -0.1) is 0 Å². The summed E-state index contributed by atoms with van der Waals surface area (Å²) in [6, 6.07) is 10.4. The Morgan fingerprint density at radius 3 is 2.44 bits per heavy atom. The number of rotatable bonds is 8. The van der Waals surface area contributed by atoms with Crippen LogP contribution < -0.4 is 18.9 Å². The van der Waals surface area contributed by atoms with Crippen molar-refractivity contribution in [1.29, 1.82) is 0 Å². The zero-order chi connectivity index (χ0) is 18.4. The van der Waals surface area contributed by atoms with Gasteiger partial charge in [-0.3, -0.25) is 0 Å². The van der Waals surface area contributed by atoms with Gasteiger partial charge in [-0.25, -0.2) is 13.1 Å². The van der Waals surface area contributed by atoms with Gasteiger partial charge in [-0.1, -0.05) is 12.1 Å². The first-order valence-electron chi connectivity index (χ1n) is 7.79. The normalized spacial score (nSPS) is 11.2. The highest BCUT2D eigenvalue weighted by atomic mass is 32.2. The van der Waals surface area contributed by atoms with Gasteiger partial charge in [0.15, 0.2) is 0 Å². The first kappa shape index (κ1) is 19.1. The van der Waals surface area contributed by atoms with E-state index >= 15 is 0 Å². The maximum atomic E-state index is 12.5.